The number of aromatic nitrogens is 1. The zero-order valence-corrected chi connectivity index (χ0v) is 9.73. The third-order valence-electron chi connectivity index (χ3n) is 2.39. The van der Waals surface area contributed by atoms with E-state index < -0.39 is 11.9 Å². The van der Waals surface area contributed by atoms with Crippen LogP contribution in [0.25, 0.3) is 17.0 Å². The van der Waals surface area contributed by atoms with Gasteiger partial charge in [0.2, 0.25) is 5.91 Å². The van der Waals surface area contributed by atoms with E-state index in [1.807, 2.05) is 30.3 Å². The number of hydrogen-bond donors (Lipinski definition) is 3. The van der Waals surface area contributed by atoms with E-state index >= 15 is 0 Å². The number of aromatic amines is 1. The molecule has 0 aliphatic carbocycles. The fourth-order valence-electron chi connectivity index (χ4n) is 1.67. The minimum absolute atomic E-state index is 0.158. The molecule has 0 saturated heterocycles. The molecule has 5 heteroatoms. The average molecular weight is 244 g/mol. The van der Waals surface area contributed by atoms with Gasteiger partial charge in [0.15, 0.2) is 0 Å². The maximum atomic E-state index is 11.0. The molecular formula is C13H12N2O3. The number of aliphatic carboxylic acids is 1. The first-order chi connectivity index (χ1) is 8.56. The van der Waals surface area contributed by atoms with Crippen LogP contribution in [0.2, 0.25) is 0 Å². The van der Waals surface area contributed by atoms with Gasteiger partial charge in [0.25, 0.3) is 0 Å². The lowest BCUT2D eigenvalue weighted by molar-refractivity contribution is -0.134. The smallest absolute Gasteiger partial charge is 0.352 e. The van der Waals surface area contributed by atoms with Crippen LogP contribution in [0.1, 0.15) is 12.6 Å². The number of amides is 1. The van der Waals surface area contributed by atoms with Crippen LogP contribution in [0, 0.1) is 0 Å². The van der Waals surface area contributed by atoms with Crippen molar-refractivity contribution in [2.24, 2.45) is 0 Å². The molecule has 18 heavy (non-hydrogen) atoms. The Labute approximate surface area is 103 Å². The fraction of sp³-hybridized carbons (Fsp3) is 0.0769. The van der Waals surface area contributed by atoms with Gasteiger partial charge in [-0.05, 0) is 23.6 Å². The summed E-state index contributed by atoms with van der Waals surface area (Å²) in [5.41, 5.74) is 1.38. The first-order valence-corrected chi connectivity index (χ1v) is 5.36. The zero-order chi connectivity index (χ0) is 13.1. The molecule has 1 heterocycles. The Hall–Kier alpha value is -2.56. The molecule has 0 bridgehead atoms. The van der Waals surface area contributed by atoms with Gasteiger partial charge in [-0.1, -0.05) is 18.2 Å². The minimum Gasteiger partial charge on any atom is -0.477 e. The highest BCUT2D eigenvalue weighted by molar-refractivity contribution is 5.97. The van der Waals surface area contributed by atoms with E-state index in [0.29, 0.717) is 5.69 Å². The lowest BCUT2D eigenvalue weighted by Crippen LogP contribution is -2.24. The van der Waals surface area contributed by atoms with Crippen molar-refractivity contribution in [3.63, 3.8) is 0 Å². The van der Waals surface area contributed by atoms with Crippen LogP contribution in [-0.2, 0) is 9.59 Å². The molecule has 0 fully saturated rings. The van der Waals surface area contributed by atoms with Gasteiger partial charge in [-0.25, -0.2) is 4.79 Å². The number of para-hydroxylation sites is 1. The number of carbonyl (C=O) groups excluding carboxylic acids is 1. The molecule has 0 spiro atoms. The normalized spacial score (nSPS) is 11.5. The first-order valence-electron chi connectivity index (χ1n) is 5.36. The quantitative estimate of drug-likeness (QED) is 0.719. The summed E-state index contributed by atoms with van der Waals surface area (Å²) in [7, 11) is 0. The molecule has 92 valence electrons. The topological polar surface area (TPSA) is 82.2 Å². The first kappa shape index (κ1) is 11.9. The molecule has 1 aromatic carbocycles. The molecule has 2 rings (SSSR count). The summed E-state index contributed by atoms with van der Waals surface area (Å²) in [6.07, 6.45) is 1.39. The van der Waals surface area contributed by atoms with Crippen molar-refractivity contribution in [3.05, 3.63) is 41.7 Å². The van der Waals surface area contributed by atoms with Gasteiger partial charge >= 0.3 is 5.97 Å². The summed E-state index contributed by atoms with van der Waals surface area (Å²) in [5, 5.41) is 12.2. The highest BCUT2D eigenvalue weighted by atomic mass is 16.4. The molecule has 2 aromatic rings. The Morgan fingerprint density at radius 1 is 1.33 bits per heavy atom. The van der Waals surface area contributed by atoms with Gasteiger partial charge in [-0.3, -0.25) is 4.79 Å². The van der Waals surface area contributed by atoms with E-state index in [1.165, 1.54) is 13.0 Å². The lowest BCUT2D eigenvalue weighted by Gasteiger charge is -2.01. The van der Waals surface area contributed by atoms with Crippen LogP contribution in [0.5, 0.6) is 0 Å². The number of carboxylic acid groups (broad SMARTS) is 1. The van der Waals surface area contributed by atoms with Crippen molar-refractivity contribution in [1.29, 1.82) is 0 Å². The summed E-state index contributed by atoms with van der Waals surface area (Å²) in [6, 6.07) is 9.42. The summed E-state index contributed by atoms with van der Waals surface area (Å²) >= 11 is 0. The van der Waals surface area contributed by atoms with Gasteiger partial charge in [0, 0.05) is 18.1 Å². The Morgan fingerprint density at radius 3 is 2.67 bits per heavy atom. The molecule has 3 N–H and O–H groups in total. The number of rotatable bonds is 3. The van der Waals surface area contributed by atoms with Gasteiger partial charge in [0.05, 0.1) is 0 Å². The Bertz CT molecular complexity index is 607. The summed E-state index contributed by atoms with van der Waals surface area (Å²) in [5.74, 6) is -1.59. The molecular weight excluding hydrogens is 232 g/mol. The van der Waals surface area contributed by atoms with Crippen LogP contribution < -0.4 is 5.32 Å². The van der Waals surface area contributed by atoms with E-state index in [1.54, 1.807) is 0 Å². The predicted octanol–water partition coefficient (Wildman–Crippen LogP) is 1.73. The number of carbonyl (C=O) groups is 2. The van der Waals surface area contributed by atoms with E-state index in [-0.39, 0.29) is 5.70 Å². The Kier molecular flexibility index (Phi) is 3.14. The van der Waals surface area contributed by atoms with Gasteiger partial charge in [-0.15, -0.1) is 0 Å². The number of H-pyrrole nitrogens is 1. The lowest BCUT2D eigenvalue weighted by atomic mass is 10.2. The summed E-state index contributed by atoms with van der Waals surface area (Å²) < 4.78 is 0. The SMILES string of the molecule is CC(=O)NC(=Cc1cc2ccccc2[nH]1)C(=O)O. The van der Waals surface area contributed by atoms with Crippen LogP contribution in [0.15, 0.2) is 36.0 Å². The molecule has 1 aromatic heterocycles. The third kappa shape index (κ3) is 2.57. The molecule has 1 amide bonds. The van der Waals surface area contributed by atoms with Crippen molar-refractivity contribution < 1.29 is 14.7 Å². The number of carboxylic acids is 1. The van der Waals surface area contributed by atoms with Gasteiger partial charge in [-0.2, -0.15) is 0 Å². The second kappa shape index (κ2) is 4.75. The largest absolute Gasteiger partial charge is 0.477 e. The highest BCUT2D eigenvalue weighted by Gasteiger charge is 2.09. The van der Waals surface area contributed by atoms with E-state index in [0.717, 1.165) is 10.9 Å². The van der Waals surface area contributed by atoms with Gasteiger partial charge in [0.1, 0.15) is 5.70 Å². The third-order valence-corrected chi connectivity index (χ3v) is 2.39. The molecule has 0 unspecified atom stereocenters. The van der Waals surface area contributed by atoms with Crippen LogP contribution in [0.4, 0.5) is 0 Å². The molecule has 0 radical (unpaired) electrons. The Morgan fingerprint density at radius 2 is 2.06 bits per heavy atom. The van der Waals surface area contributed by atoms with Crippen molar-refractivity contribution in [3.8, 4) is 0 Å². The van der Waals surface area contributed by atoms with Gasteiger partial charge < -0.3 is 15.4 Å². The molecule has 0 aliphatic rings. The van der Waals surface area contributed by atoms with Crippen LogP contribution in [0.3, 0.4) is 0 Å². The van der Waals surface area contributed by atoms with Crippen molar-refractivity contribution >= 4 is 28.9 Å². The number of benzene rings is 1. The minimum atomic E-state index is -1.18. The van der Waals surface area contributed by atoms with E-state index in [2.05, 4.69) is 10.3 Å². The molecule has 0 aliphatic heterocycles. The summed E-state index contributed by atoms with van der Waals surface area (Å²) in [4.78, 5) is 24.9. The predicted molar refractivity (Wildman–Crippen MR) is 67.7 cm³/mol. The molecule has 0 atom stereocenters. The average Bonchev–Trinajstić information content (AvgIpc) is 2.69. The van der Waals surface area contributed by atoms with E-state index in [9.17, 15) is 9.59 Å². The van der Waals surface area contributed by atoms with Crippen LogP contribution in [-0.4, -0.2) is 22.0 Å². The van der Waals surface area contributed by atoms with Crippen LogP contribution >= 0.6 is 0 Å². The standard InChI is InChI=1S/C13H12N2O3/c1-8(16)14-12(13(17)18)7-10-6-9-4-2-3-5-11(9)15-10/h2-7,15H,1H3,(H,14,16)(H,17,18). The second-order valence-electron chi connectivity index (χ2n) is 3.86. The molecule has 0 saturated carbocycles. The van der Waals surface area contributed by atoms with Crippen molar-refractivity contribution in [2.45, 2.75) is 6.92 Å². The second-order valence-corrected chi connectivity index (χ2v) is 3.86. The van der Waals surface area contributed by atoms with E-state index in [4.69, 9.17) is 5.11 Å². The molecule has 5 nitrogen and oxygen atoms in total. The number of fused-ring (bicyclic) bond motifs is 1. The highest BCUT2D eigenvalue weighted by Crippen LogP contribution is 2.16. The van der Waals surface area contributed by atoms with Crippen molar-refractivity contribution in [1.82, 2.24) is 10.3 Å². The Balaban J connectivity index is 2.39. The zero-order valence-electron chi connectivity index (χ0n) is 9.73. The monoisotopic (exact) mass is 244 g/mol. The van der Waals surface area contributed by atoms with Crippen molar-refractivity contribution in [2.75, 3.05) is 0 Å². The number of hydrogen-bond acceptors (Lipinski definition) is 2. The summed E-state index contributed by atoms with van der Waals surface area (Å²) in [6.45, 7) is 1.27. The number of nitrogens with one attached hydrogen (secondary N) is 2. The maximum Gasteiger partial charge on any atom is 0.352 e. The fourth-order valence-corrected chi connectivity index (χ4v) is 1.67. The maximum absolute atomic E-state index is 11.0.